The Labute approximate surface area is 113 Å². The Morgan fingerprint density at radius 3 is 3.00 bits per heavy atom. The van der Waals surface area contributed by atoms with Crippen molar-refractivity contribution in [3.63, 3.8) is 0 Å². The first-order valence-electron chi connectivity index (χ1n) is 5.14. The Balaban J connectivity index is 2.55. The molecule has 2 aromatic heterocycles. The molecule has 2 rings (SSSR count). The number of hydrogen-bond donors (Lipinski definition) is 1. The molecule has 17 heavy (non-hydrogen) atoms. The molecule has 0 aliphatic heterocycles. The summed E-state index contributed by atoms with van der Waals surface area (Å²) in [5.74, 6) is 0. The predicted octanol–water partition coefficient (Wildman–Crippen LogP) is 2.71. The molecule has 0 aliphatic rings. The third-order valence-corrected chi connectivity index (χ3v) is 3.61. The van der Waals surface area contributed by atoms with E-state index in [0.29, 0.717) is 5.15 Å². The molecule has 0 spiro atoms. The first-order valence-corrected chi connectivity index (χ1v) is 6.31. The van der Waals surface area contributed by atoms with Gasteiger partial charge in [-0.2, -0.15) is 5.10 Å². The first kappa shape index (κ1) is 12.5. The molecule has 0 radical (unpaired) electrons. The van der Waals surface area contributed by atoms with Crippen LogP contribution in [-0.4, -0.2) is 21.8 Å². The summed E-state index contributed by atoms with van der Waals surface area (Å²) in [6.45, 7) is 2.71. The second kappa shape index (κ2) is 5.16. The molecule has 0 saturated heterocycles. The summed E-state index contributed by atoms with van der Waals surface area (Å²) in [6.07, 6.45) is 1.67. The van der Waals surface area contributed by atoms with Crippen molar-refractivity contribution in [2.45, 2.75) is 13.5 Å². The van der Waals surface area contributed by atoms with Crippen LogP contribution in [0.4, 0.5) is 0 Å². The van der Waals surface area contributed by atoms with Crippen LogP contribution >= 0.6 is 27.5 Å². The van der Waals surface area contributed by atoms with Gasteiger partial charge in [-0.05, 0) is 42.0 Å². The molecular formula is C11H12BrClN4. The Kier molecular flexibility index (Phi) is 3.81. The van der Waals surface area contributed by atoms with Gasteiger partial charge in [-0.15, -0.1) is 0 Å². The highest BCUT2D eigenvalue weighted by atomic mass is 79.9. The van der Waals surface area contributed by atoms with Gasteiger partial charge in [0, 0.05) is 12.7 Å². The van der Waals surface area contributed by atoms with E-state index in [0.717, 1.165) is 28.1 Å². The van der Waals surface area contributed by atoms with E-state index in [2.05, 4.69) is 31.3 Å². The summed E-state index contributed by atoms with van der Waals surface area (Å²) in [5, 5.41) is 8.01. The lowest BCUT2D eigenvalue weighted by atomic mass is 10.3. The average molecular weight is 316 g/mol. The maximum absolute atomic E-state index is 5.99. The fourth-order valence-corrected chi connectivity index (χ4v) is 2.20. The lowest BCUT2D eigenvalue weighted by Crippen LogP contribution is -2.11. The van der Waals surface area contributed by atoms with Crippen molar-refractivity contribution in [3.05, 3.63) is 39.3 Å². The largest absolute Gasteiger partial charge is 0.314 e. The number of nitrogens with zero attached hydrogens (tertiary/aromatic N) is 3. The molecule has 1 N–H and O–H groups in total. The van der Waals surface area contributed by atoms with E-state index in [9.17, 15) is 0 Å². The van der Waals surface area contributed by atoms with E-state index in [1.807, 2.05) is 30.8 Å². The van der Waals surface area contributed by atoms with E-state index < -0.39 is 0 Å². The topological polar surface area (TPSA) is 42.7 Å². The second-order valence-electron chi connectivity index (χ2n) is 3.65. The van der Waals surface area contributed by atoms with Gasteiger partial charge in [-0.3, -0.25) is 0 Å². The van der Waals surface area contributed by atoms with Gasteiger partial charge in [0.15, 0.2) is 0 Å². The van der Waals surface area contributed by atoms with Gasteiger partial charge in [0.05, 0.1) is 21.5 Å². The van der Waals surface area contributed by atoms with Crippen molar-refractivity contribution >= 4 is 27.5 Å². The van der Waals surface area contributed by atoms with Gasteiger partial charge >= 0.3 is 0 Å². The van der Waals surface area contributed by atoms with Gasteiger partial charge in [-0.1, -0.05) is 11.6 Å². The predicted molar refractivity (Wildman–Crippen MR) is 71.6 cm³/mol. The van der Waals surface area contributed by atoms with E-state index >= 15 is 0 Å². The molecule has 0 aromatic carbocycles. The zero-order valence-electron chi connectivity index (χ0n) is 9.54. The minimum atomic E-state index is 0.436. The van der Waals surface area contributed by atoms with Crippen molar-refractivity contribution in [1.29, 1.82) is 0 Å². The number of pyridine rings is 1. The van der Waals surface area contributed by atoms with Gasteiger partial charge in [0.25, 0.3) is 0 Å². The van der Waals surface area contributed by atoms with Gasteiger partial charge in [-0.25, -0.2) is 9.67 Å². The normalized spacial score (nSPS) is 10.8. The molecule has 0 bridgehead atoms. The fraction of sp³-hybridized carbons (Fsp3) is 0.273. The lowest BCUT2D eigenvalue weighted by molar-refractivity contribution is 0.724. The SMILES string of the molecule is CNCc1cc(C)nn1-c1ccnc(Cl)c1Br. The molecule has 90 valence electrons. The maximum atomic E-state index is 5.99. The van der Waals surface area contributed by atoms with Crippen molar-refractivity contribution in [3.8, 4) is 5.69 Å². The van der Waals surface area contributed by atoms with Crippen LogP contribution in [0, 0.1) is 6.92 Å². The summed E-state index contributed by atoms with van der Waals surface area (Å²) in [7, 11) is 1.90. The number of nitrogens with one attached hydrogen (secondary N) is 1. The molecule has 0 unspecified atom stereocenters. The summed E-state index contributed by atoms with van der Waals surface area (Å²) >= 11 is 9.42. The van der Waals surface area contributed by atoms with Crippen LogP contribution in [0.2, 0.25) is 5.15 Å². The molecule has 0 aliphatic carbocycles. The van der Waals surface area contributed by atoms with Gasteiger partial charge in [0.1, 0.15) is 5.15 Å². The van der Waals surface area contributed by atoms with Crippen LogP contribution in [0.5, 0.6) is 0 Å². The summed E-state index contributed by atoms with van der Waals surface area (Å²) in [4.78, 5) is 4.01. The summed E-state index contributed by atoms with van der Waals surface area (Å²) in [5.41, 5.74) is 2.94. The van der Waals surface area contributed by atoms with E-state index in [1.165, 1.54) is 0 Å². The average Bonchev–Trinajstić information content (AvgIpc) is 2.64. The Morgan fingerprint density at radius 2 is 2.29 bits per heavy atom. The van der Waals surface area contributed by atoms with Crippen LogP contribution in [0.15, 0.2) is 22.8 Å². The Morgan fingerprint density at radius 1 is 1.53 bits per heavy atom. The molecule has 0 fully saturated rings. The molecule has 4 nitrogen and oxygen atoms in total. The van der Waals surface area contributed by atoms with Crippen LogP contribution in [0.25, 0.3) is 5.69 Å². The molecule has 0 amide bonds. The zero-order chi connectivity index (χ0) is 12.4. The number of rotatable bonds is 3. The van der Waals surface area contributed by atoms with Crippen molar-refractivity contribution in [2.24, 2.45) is 0 Å². The smallest absolute Gasteiger partial charge is 0.145 e. The molecule has 2 heterocycles. The summed E-state index contributed by atoms with van der Waals surface area (Å²) in [6, 6.07) is 3.92. The van der Waals surface area contributed by atoms with Crippen LogP contribution in [0.3, 0.4) is 0 Å². The highest BCUT2D eigenvalue weighted by molar-refractivity contribution is 9.10. The third-order valence-electron chi connectivity index (χ3n) is 2.32. The third kappa shape index (κ3) is 2.51. The standard InChI is InChI=1S/C11H12BrClN4/c1-7-5-8(6-14-2)17(16-7)9-3-4-15-11(13)10(9)12/h3-5,14H,6H2,1-2H3. The van der Waals surface area contributed by atoms with Gasteiger partial charge < -0.3 is 5.32 Å². The lowest BCUT2D eigenvalue weighted by Gasteiger charge is -2.09. The zero-order valence-corrected chi connectivity index (χ0v) is 11.9. The number of aromatic nitrogens is 3. The first-order chi connectivity index (χ1) is 8.13. The highest BCUT2D eigenvalue weighted by Crippen LogP contribution is 2.27. The number of halogens is 2. The number of aryl methyl sites for hydroxylation is 1. The molecule has 6 heteroatoms. The molecular weight excluding hydrogens is 304 g/mol. The van der Waals surface area contributed by atoms with Crippen LogP contribution < -0.4 is 5.32 Å². The monoisotopic (exact) mass is 314 g/mol. The van der Waals surface area contributed by atoms with Gasteiger partial charge in [0.2, 0.25) is 0 Å². The van der Waals surface area contributed by atoms with E-state index in [-0.39, 0.29) is 0 Å². The van der Waals surface area contributed by atoms with Crippen molar-refractivity contribution in [1.82, 2.24) is 20.1 Å². The Bertz CT molecular complexity index is 538. The maximum Gasteiger partial charge on any atom is 0.145 e. The minimum Gasteiger partial charge on any atom is -0.314 e. The number of hydrogen-bond acceptors (Lipinski definition) is 3. The van der Waals surface area contributed by atoms with Crippen LogP contribution in [0.1, 0.15) is 11.4 Å². The minimum absolute atomic E-state index is 0.436. The van der Waals surface area contributed by atoms with Crippen molar-refractivity contribution < 1.29 is 0 Å². The van der Waals surface area contributed by atoms with E-state index in [1.54, 1.807) is 6.20 Å². The van der Waals surface area contributed by atoms with Crippen LogP contribution in [-0.2, 0) is 6.54 Å². The summed E-state index contributed by atoms with van der Waals surface area (Å²) < 4.78 is 2.62. The molecule has 0 atom stereocenters. The Hall–Kier alpha value is -0.910. The fourth-order valence-electron chi connectivity index (χ4n) is 1.64. The highest BCUT2D eigenvalue weighted by Gasteiger charge is 2.12. The second-order valence-corrected chi connectivity index (χ2v) is 4.81. The quantitative estimate of drug-likeness (QED) is 0.886. The van der Waals surface area contributed by atoms with E-state index in [4.69, 9.17) is 11.6 Å². The molecule has 2 aromatic rings. The molecule has 0 saturated carbocycles. The van der Waals surface area contributed by atoms with Crippen molar-refractivity contribution in [2.75, 3.05) is 7.05 Å².